The molecule has 1 amide bonds. The van der Waals surface area contributed by atoms with Crippen molar-refractivity contribution >= 4 is 5.91 Å². The minimum atomic E-state index is -0.135. The Bertz CT molecular complexity index is 1030. The second kappa shape index (κ2) is 8.49. The number of methoxy groups -OCH3 is 3. The van der Waals surface area contributed by atoms with Crippen LogP contribution in [0.1, 0.15) is 34.9 Å². The lowest BCUT2D eigenvalue weighted by Crippen LogP contribution is -2.30. The van der Waals surface area contributed by atoms with Crippen molar-refractivity contribution < 1.29 is 23.5 Å². The molecule has 1 aromatic heterocycles. The summed E-state index contributed by atoms with van der Waals surface area (Å²) in [6.45, 7) is 0.689. The zero-order chi connectivity index (χ0) is 21.1. The van der Waals surface area contributed by atoms with Crippen LogP contribution in [0.2, 0.25) is 0 Å². The van der Waals surface area contributed by atoms with Crippen LogP contribution >= 0.6 is 0 Å². The van der Waals surface area contributed by atoms with Gasteiger partial charge in [0.25, 0.3) is 5.91 Å². The standard InChI is InChI=1S/C23H24N2O5/c1-27-17-9-6-15(7-10-17)19-5-4-12-25(19)23(26)18-14-21(30-24-18)16-8-11-20(28-2)22(13-16)29-3/h6-11,13-14,19H,4-5,12H2,1-3H3. The normalized spacial score (nSPS) is 15.8. The first-order valence-electron chi connectivity index (χ1n) is 9.78. The van der Waals surface area contributed by atoms with E-state index >= 15 is 0 Å². The van der Waals surface area contributed by atoms with Crippen molar-refractivity contribution in [2.45, 2.75) is 18.9 Å². The molecule has 2 aromatic carbocycles. The summed E-state index contributed by atoms with van der Waals surface area (Å²) < 4.78 is 21.3. The van der Waals surface area contributed by atoms with E-state index < -0.39 is 0 Å². The number of amides is 1. The summed E-state index contributed by atoms with van der Waals surface area (Å²) in [6, 6.07) is 15.0. The maximum absolute atomic E-state index is 13.2. The van der Waals surface area contributed by atoms with Gasteiger partial charge in [-0.25, -0.2) is 0 Å². The van der Waals surface area contributed by atoms with E-state index in [2.05, 4.69) is 5.16 Å². The Balaban J connectivity index is 1.56. The van der Waals surface area contributed by atoms with Gasteiger partial charge in [0.1, 0.15) is 5.75 Å². The van der Waals surface area contributed by atoms with Gasteiger partial charge in [-0.05, 0) is 48.7 Å². The zero-order valence-electron chi connectivity index (χ0n) is 17.3. The largest absolute Gasteiger partial charge is 0.497 e. The number of nitrogens with zero attached hydrogens (tertiary/aromatic N) is 2. The molecule has 7 heteroatoms. The lowest BCUT2D eigenvalue weighted by Gasteiger charge is -2.24. The second-order valence-electron chi connectivity index (χ2n) is 7.08. The number of ether oxygens (including phenoxy) is 3. The van der Waals surface area contributed by atoms with Gasteiger partial charge in [-0.1, -0.05) is 17.3 Å². The average Bonchev–Trinajstić information content (AvgIpc) is 3.48. The molecule has 0 saturated carbocycles. The van der Waals surface area contributed by atoms with Crippen molar-refractivity contribution in [3.05, 3.63) is 59.8 Å². The van der Waals surface area contributed by atoms with Gasteiger partial charge in [0, 0.05) is 18.2 Å². The Kier molecular flexibility index (Phi) is 5.61. The lowest BCUT2D eigenvalue weighted by atomic mass is 10.0. The predicted octanol–water partition coefficient (Wildman–Crippen LogP) is 4.34. The molecule has 30 heavy (non-hydrogen) atoms. The third kappa shape index (κ3) is 3.70. The fourth-order valence-electron chi connectivity index (χ4n) is 3.83. The molecule has 1 saturated heterocycles. The van der Waals surface area contributed by atoms with Crippen LogP contribution in [0.15, 0.2) is 53.1 Å². The predicted molar refractivity (Wildman–Crippen MR) is 111 cm³/mol. The van der Waals surface area contributed by atoms with Gasteiger partial charge in [0.2, 0.25) is 0 Å². The fourth-order valence-corrected chi connectivity index (χ4v) is 3.83. The molecular formula is C23H24N2O5. The van der Waals surface area contributed by atoms with Crippen LogP contribution in [0.5, 0.6) is 17.2 Å². The van der Waals surface area contributed by atoms with Crippen LogP contribution in [0.3, 0.4) is 0 Å². The van der Waals surface area contributed by atoms with Gasteiger partial charge in [0.05, 0.1) is 27.4 Å². The summed E-state index contributed by atoms with van der Waals surface area (Å²) >= 11 is 0. The van der Waals surface area contributed by atoms with Crippen LogP contribution in [0.25, 0.3) is 11.3 Å². The molecule has 1 aliphatic heterocycles. The molecule has 1 atom stereocenters. The highest BCUT2D eigenvalue weighted by Crippen LogP contribution is 2.35. The first kappa shape index (κ1) is 19.8. The Morgan fingerprint density at radius 2 is 1.77 bits per heavy atom. The van der Waals surface area contributed by atoms with Crippen LogP contribution < -0.4 is 14.2 Å². The van der Waals surface area contributed by atoms with Gasteiger partial charge in [-0.3, -0.25) is 4.79 Å². The lowest BCUT2D eigenvalue weighted by molar-refractivity contribution is 0.0725. The van der Waals surface area contributed by atoms with E-state index in [0.717, 1.165) is 29.7 Å². The maximum Gasteiger partial charge on any atom is 0.276 e. The molecule has 0 spiro atoms. The summed E-state index contributed by atoms with van der Waals surface area (Å²) in [4.78, 5) is 15.0. The Labute approximate surface area is 175 Å². The third-order valence-corrected chi connectivity index (χ3v) is 5.41. The molecule has 1 fully saturated rings. The number of rotatable bonds is 6. The van der Waals surface area contributed by atoms with Gasteiger partial charge in [-0.2, -0.15) is 0 Å². The molecular weight excluding hydrogens is 384 g/mol. The summed E-state index contributed by atoms with van der Waals surface area (Å²) in [6.07, 6.45) is 1.86. The summed E-state index contributed by atoms with van der Waals surface area (Å²) in [5.74, 6) is 2.36. The average molecular weight is 408 g/mol. The Morgan fingerprint density at radius 1 is 1.00 bits per heavy atom. The van der Waals surface area contributed by atoms with Crippen LogP contribution in [0.4, 0.5) is 0 Å². The summed E-state index contributed by atoms with van der Waals surface area (Å²) in [7, 11) is 4.79. The van der Waals surface area contributed by atoms with Gasteiger partial charge >= 0.3 is 0 Å². The minimum Gasteiger partial charge on any atom is -0.497 e. The molecule has 156 valence electrons. The number of likely N-dealkylation sites (tertiary alicyclic amines) is 1. The summed E-state index contributed by atoms with van der Waals surface area (Å²) in [5, 5.41) is 4.03. The van der Waals surface area contributed by atoms with E-state index in [0.29, 0.717) is 29.5 Å². The number of benzene rings is 2. The molecule has 4 rings (SSSR count). The number of aromatic nitrogens is 1. The SMILES string of the molecule is COc1ccc(C2CCCN2C(=O)c2cc(-c3ccc(OC)c(OC)c3)on2)cc1. The quantitative estimate of drug-likeness (QED) is 0.604. The van der Waals surface area contributed by atoms with E-state index in [4.69, 9.17) is 18.7 Å². The van der Waals surface area contributed by atoms with E-state index in [1.54, 1.807) is 39.5 Å². The zero-order valence-corrected chi connectivity index (χ0v) is 17.3. The topological polar surface area (TPSA) is 74.0 Å². The number of hydrogen-bond acceptors (Lipinski definition) is 6. The first-order valence-corrected chi connectivity index (χ1v) is 9.78. The van der Waals surface area contributed by atoms with Crippen molar-refractivity contribution in [1.29, 1.82) is 0 Å². The molecule has 0 aliphatic carbocycles. The van der Waals surface area contributed by atoms with E-state index in [-0.39, 0.29) is 11.9 Å². The number of carbonyl (C=O) groups is 1. The first-order chi connectivity index (χ1) is 14.6. The van der Waals surface area contributed by atoms with Crippen molar-refractivity contribution in [3.63, 3.8) is 0 Å². The van der Waals surface area contributed by atoms with Crippen molar-refractivity contribution in [2.75, 3.05) is 27.9 Å². The fraction of sp³-hybridized carbons (Fsp3) is 0.304. The van der Waals surface area contributed by atoms with Gasteiger partial charge < -0.3 is 23.6 Å². The molecule has 0 N–H and O–H groups in total. The van der Waals surface area contributed by atoms with Crippen LogP contribution in [-0.2, 0) is 0 Å². The maximum atomic E-state index is 13.2. The van der Waals surface area contributed by atoms with Crippen molar-refractivity contribution in [2.24, 2.45) is 0 Å². The van der Waals surface area contributed by atoms with Gasteiger partial charge in [-0.15, -0.1) is 0 Å². The highest BCUT2D eigenvalue weighted by Gasteiger charge is 2.32. The Hall–Kier alpha value is -3.48. The minimum absolute atomic E-state index is 0.0182. The van der Waals surface area contributed by atoms with Crippen molar-refractivity contribution in [3.8, 4) is 28.6 Å². The molecule has 3 aromatic rings. The van der Waals surface area contributed by atoms with E-state index in [1.165, 1.54) is 0 Å². The van der Waals surface area contributed by atoms with Gasteiger partial charge in [0.15, 0.2) is 23.0 Å². The highest BCUT2D eigenvalue weighted by molar-refractivity contribution is 5.93. The molecule has 7 nitrogen and oxygen atoms in total. The van der Waals surface area contributed by atoms with Crippen molar-refractivity contribution in [1.82, 2.24) is 10.1 Å². The molecule has 0 bridgehead atoms. The molecule has 1 aliphatic rings. The van der Waals surface area contributed by atoms with E-state index in [9.17, 15) is 4.79 Å². The molecule has 2 heterocycles. The third-order valence-electron chi connectivity index (χ3n) is 5.41. The van der Waals surface area contributed by atoms with Crippen LogP contribution in [0, 0.1) is 0 Å². The molecule has 0 radical (unpaired) electrons. The number of carbonyl (C=O) groups excluding carboxylic acids is 1. The molecule has 1 unspecified atom stereocenters. The number of hydrogen-bond donors (Lipinski definition) is 0. The monoisotopic (exact) mass is 408 g/mol. The highest BCUT2D eigenvalue weighted by atomic mass is 16.5. The van der Waals surface area contributed by atoms with E-state index in [1.807, 2.05) is 35.2 Å². The van der Waals surface area contributed by atoms with Crippen LogP contribution in [-0.4, -0.2) is 43.8 Å². The smallest absolute Gasteiger partial charge is 0.276 e. The second-order valence-corrected chi connectivity index (χ2v) is 7.08. The summed E-state index contributed by atoms with van der Waals surface area (Å²) in [5.41, 5.74) is 2.14. The Morgan fingerprint density at radius 3 is 2.47 bits per heavy atom.